The maximum absolute atomic E-state index is 13.8. The maximum atomic E-state index is 13.8. The molecule has 0 saturated carbocycles. The zero-order chi connectivity index (χ0) is 28.9. The van der Waals surface area contributed by atoms with Crippen molar-refractivity contribution in [3.05, 3.63) is 101 Å². The summed E-state index contributed by atoms with van der Waals surface area (Å²) in [6, 6.07) is 16.2. The predicted molar refractivity (Wildman–Crippen MR) is 160 cm³/mol. The highest BCUT2D eigenvalue weighted by Gasteiger charge is 2.22. The number of aromatic nitrogens is 6. The van der Waals surface area contributed by atoms with Gasteiger partial charge in [0.05, 0.1) is 23.4 Å². The number of hydrogen-bond donors (Lipinski definition) is 3. The van der Waals surface area contributed by atoms with Crippen LogP contribution < -0.4 is 15.6 Å². The zero-order valence-electron chi connectivity index (χ0n) is 22.9. The van der Waals surface area contributed by atoms with Crippen molar-refractivity contribution in [1.29, 1.82) is 0 Å². The molecule has 0 aliphatic carbocycles. The Hall–Kier alpha value is -4.97. The number of fused-ring (bicyclic) bond motifs is 2. The summed E-state index contributed by atoms with van der Waals surface area (Å²) in [4.78, 5) is 25.9. The van der Waals surface area contributed by atoms with Crippen LogP contribution in [0, 0.1) is 13.8 Å². The molecule has 0 fully saturated rings. The van der Waals surface area contributed by atoms with Gasteiger partial charge in [0.1, 0.15) is 23.3 Å². The second-order valence-electron chi connectivity index (χ2n) is 10.0. The van der Waals surface area contributed by atoms with E-state index in [0.717, 1.165) is 33.9 Å². The Balaban J connectivity index is 1.48. The van der Waals surface area contributed by atoms with E-state index >= 15 is 0 Å². The van der Waals surface area contributed by atoms with Crippen LogP contribution in [0.5, 0.6) is 0 Å². The topological polar surface area (TPSA) is 139 Å². The summed E-state index contributed by atoms with van der Waals surface area (Å²) in [5.41, 5.74) is 5.52. The van der Waals surface area contributed by atoms with E-state index in [9.17, 15) is 13.2 Å². The van der Waals surface area contributed by atoms with Crippen LogP contribution in [0.25, 0.3) is 33.4 Å². The Morgan fingerprint density at radius 2 is 1.76 bits per heavy atom. The number of H-pyrrole nitrogens is 1. The summed E-state index contributed by atoms with van der Waals surface area (Å²) in [5.74, 6) is 1.04. The predicted octanol–water partition coefficient (Wildman–Crippen LogP) is 4.58. The lowest BCUT2D eigenvalue weighted by Crippen LogP contribution is -2.29. The molecule has 0 unspecified atom stereocenters. The molecular formula is C29H28N8O3S. The average molecular weight is 569 g/mol. The SMILES string of the molecule is Cc1ccc(NS(C)(=O)=O)cc1-c1c[nH]c2ncnc(N[C@@H](C)c3nn4ccc(C)c4c(=O)n3-c3ccccc3)c12. The van der Waals surface area contributed by atoms with Gasteiger partial charge in [-0.2, -0.15) is 5.10 Å². The highest BCUT2D eigenvalue weighted by Crippen LogP contribution is 2.36. The van der Waals surface area contributed by atoms with E-state index < -0.39 is 16.1 Å². The lowest BCUT2D eigenvalue weighted by atomic mass is 10.00. The minimum atomic E-state index is -3.45. The second kappa shape index (κ2) is 9.89. The fourth-order valence-electron chi connectivity index (χ4n) is 5.08. The highest BCUT2D eigenvalue weighted by atomic mass is 32.2. The van der Waals surface area contributed by atoms with Gasteiger partial charge >= 0.3 is 0 Å². The molecule has 11 nitrogen and oxygen atoms in total. The number of anilines is 2. The van der Waals surface area contributed by atoms with Crippen molar-refractivity contribution in [3.8, 4) is 16.8 Å². The third-order valence-electron chi connectivity index (χ3n) is 6.97. The molecule has 0 spiro atoms. The van der Waals surface area contributed by atoms with Gasteiger partial charge in [-0.05, 0) is 67.8 Å². The third kappa shape index (κ3) is 4.82. The second-order valence-corrected chi connectivity index (χ2v) is 11.8. The minimum absolute atomic E-state index is 0.168. The fraction of sp³-hybridized carbons (Fsp3) is 0.172. The van der Waals surface area contributed by atoms with Gasteiger partial charge in [0.15, 0.2) is 5.82 Å². The van der Waals surface area contributed by atoms with Crippen LogP contribution in [0.3, 0.4) is 0 Å². The molecule has 41 heavy (non-hydrogen) atoms. The molecule has 4 heterocycles. The molecule has 12 heteroatoms. The normalized spacial score (nSPS) is 12.6. The van der Waals surface area contributed by atoms with E-state index in [-0.39, 0.29) is 5.56 Å². The molecule has 208 valence electrons. The third-order valence-corrected chi connectivity index (χ3v) is 7.58. The minimum Gasteiger partial charge on any atom is -0.360 e. The molecular weight excluding hydrogens is 540 g/mol. The van der Waals surface area contributed by atoms with Gasteiger partial charge in [0.25, 0.3) is 5.56 Å². The maximum Gasteiger partial charge on any atom is 0.282 e. The number of para-hydroxylation sites is 1. The van der Waals surface area contributed by atoms with Crippen molar-refractivity contribution >= 4 is 38.1 Å². The van der Waals surface area contributed by atoms with E-state index in [1.54, 1.807) is 27.4 Å². The standard InChI is InChI=1S/C29H28N8O3S/c1-17-10-11-20(35-41(4,39)40)14-22(17)23-15-30-26-24(23)27(32-16-31-26)33-19(3)28-34-36-13-12-18(2)25(36)29(38)37(28)21-8-6-5-7-9-21/h5-16,19,35H,1-4H3,(H2,30,31,32,33)/t19-/m0/s1. The Labute approximate surface area is 236 Å². The molecule has 2 aromatic carbocycles. The van der Waals surface area contributed by atoms with Gasteiger partial charge in [0.2, 0.25) is 10.0 Å². The fourth-order valence-corrected chi connectivity index (χ4v) is 5.64. The van der Waals surface area contributed by atoms with Gasteiger partial charge < -0.3 is 10.3 Å². The molecule has 0 aliphatic rings. The van der Waals surface area contributed by atoms with Gasteiger partial charge in [-0.15, -0.1) is 0 Å². The van der Waals surface area contributed by atoms with Crippen LogP contribution in [-0.2, 0) is 10.0 Å². The lowest BCUT2D eigenvalue weighted by Gasteiger charge is -2.20. The highest BCUT2D eigenvalue weighted by molar-refractivity contribution is 7.92. The molecule has 1 atom stereocenters. The monoisotopic (exact) mass is 568 g/mol. The van der Waals surface area contributed by atoms with Gasteiger partial charge in [-0.1, -0.05) is 24.3 Å². The molecule has 0 amide bonds. The Bertz CT molecular complexity index is 2100. The number of nitrogens with zero attached hydrogens (tertiary/aromatic N) is 5. The van der Waals surface area contributed by atoms with Crippen LogP contribution >= 0.6 is 0 Å². The quantitative estimate of drug-likeness (QED) is 0.256. The average Bonchev–Trinajstić information content (AvgIpc) is 3.53. The van der Waals surface area contributed by atoms with Gasteiger partial charge in [-0.25, -0.2) is 22.9 Å². The van der Waals surface area contributed by atoms with Gasteiger partial charge in [-0.3, -0.25) is 14.1 Å². The van der Waals surface area contributed by atoms with Crippen molar-refractivity contribution in [3.63, 3.8) is 0 Å². The molecule has 3 N–H and O–H groups in total. The summed E-state index contributed by atoms with van der Waals surface area (Å²) in [5, 5.41) is 9.03. The number of benzene rings is 2. The number of aromatic amines is 1. The zero-order valence-corrected chi connectivity index (χ0v) is 23.7. The van der Waals surface area contributed by atoms with Crippen molar-refractivity contribution in [2.45, 2.75) is 26.8 Å². The van der Waals surface area contributed by atoms with Crippen LogP contribution in [0.1, 0.15) is 29.9 Å². The van der Waals surface area contributed by atoms with E-state index in [0.29, 0.717) is 34.2 Å². The summed E-state index contributed by atoms with van der Waals surface area (Å²) in [6.07, 6.45) is 6.19. The summed E-state index contributed by atoms with van der Waals surface area (Å²) < 4.78 is 29.5. The number of sulfonamides is 1. The molecule has 4 aromatic heterocycles. The number of rotatable bonds is 7. The molecule has 0 saturated heterocycles. The van der Waals surface area contributed by atoms with Crippen LogP contribution in [0.2, 0.25) is 0 Å². The number of hydrogen-bond acceptors (Lipinski definition) is 7. The smallest absolute Gasteiger partial charge is 0.282 e. The summed E-state index contributed by atoms with van der Waals surface area (Å²) in [6.45, 7) is 5.77. The van der Waals surface area contributed by atoms with E-state index in [1.807, 2.05) is 69.4 Å². The van der Waals surface area contributed by atoms with Crippen molar-refractivity contribution in [2.24, 2.45) is 0 Å². The van der Waals surface area contributed by atoms with Crippen LogP contribution in [-0.4, -0.2) is 43.8 Å². The Morgan fingerprint density at radius 3 is 2.51 bits per heavy atom. The van der Waals surface area contributed by atoms with E-state index in [4.69, 9.17) is 5.10 Å². The number of aryl methyl sites for hydroxylation is 2. The number of nitrogens with one attached hydrogen (secondary N) is 3. The summed E-state index contributed by atoms with van der Waals surface area (Å²) >= 11 is 0. The first-order valence-corrected chi connectivity index (χ1v) is 14.8. The molecule has 0 bridgehead atoms. The van der Waals surface area contributed by atoms with Crippen LogP contribution in [0.15, 0.2) is 78.1 Å². The molecule has 0 radical (unpaired) electrons. The lowest BCUT2D eigenvalue weighted by molar-refractivity contribution is 0.607. The van der Waals surface area contributed by atoms with Crippen LogP contribution in [0.4, 0.5) is 11.5 Å². The van der Waals surface area contributed by atoms with Crippen molar-refractivity contribution in [2.75, 3.05) is 16.3 Å². The first-order chi connectivity index (χ1) is 19.6. The first kappa shape index (κ1) is 26.3. The molecule has 6 rings (SSSR count). The van der Waals surface area contributed by atoms with E-state index in [1.165, 1.54) is 6.33 Å². The van der Waals surface area contributed by atoms with Crippen molar-refractivity contribution < 1.29 is 8.42 Å². The van der Waals surface area contributed by atoms with Gasteiger partial charge in [0, 0.05) is 23.6 Å². The Morgan fingerprint density at radius 1 is 0.976 bits per heavy atom. The summed E-state index contributed by atoms with van der Waals surface area (Å²) in [7, 11) is -3.45. The Kier molecular flexibility index (Phi) is 6.34. The largest absolute Gasteiger partial charge is 0.360 e. The molecule has 6 aromatic rings. The molecule has 0 aliphatic heterocycles. The van der Waals surface area contributed by atoms with E-state index in [2.05, 4.69) is 25.0 Å². The van der Waals surface area contributed by atoms with Crippen molar-refractivity contribution in [1.82, 2.24) is 29.1 Å². The first-order valence-electron chi connectivity index (χ1n) is 12.9.